The van der Waals surface area contributed by atoms with Gasteiger partial charge in [-0.25, -0.2) is 0 Å². The molecule has 5 nitrogen and oxygen atoms in total. The molecule has 2 rings (SSSR count). The number of nitrogens with two attached hydrogens (primary N) is 1. The molecule has 94 valence electrons. The quantitative estimate of drug-likeness (QED) is 0.827. The van der Waals surface area contributed by atoms with Crippen molar-refractivity contribution in [2.24, 2.45) is 11.7 Å². The second-order valence-corrected chi connectivity index (χ2v) is 4.61. The second-order valence-electron chi connectivity index (χ2n) is 4.61. The first-order valence-electron chi connectivity index (χ1n) is 6.13. The minimum absolute atomic E-state index is 0.405. The summed E-state index contributed by atoms with van der Waals surface area (Å²) in [6.07, 6.45) is 7.99. The van der Waals surface area contributed by atoms with Gasteiger partial charge in [0.1, 0.15) is 5.82 Å². The van der Waals surface area contributed by atoms with E-state index in [1.807, 2.05) is 0 Å². The van der Waals surface area contributed by atoms with Crippen molar-refractivity contribution in [3.05, 3.63) is 12.4 Å². The normalized spacial score (nSPS) is 24.4. The van der Waals surface area contributed by atoms with Gasteiger partial charge in [0.15, 0.2) is 0 Å². The highest BCUT2D eigenvalue weighted by Crippen LogP contribution is 2.23. The van der Waals surface area contributed by atoms with Crippen LogP contribution >= 0.6 is 0 Å². The molecule has 1 saturated carbocycles. The van der Waals surface area contributed by atoms with Gasteiger partial charge in [0.05, 0.1) is 19.5 Å². The highest BCUT2D eigenvalue weighted by molar-refractivity contribution is 5.33. The Balaban J connectivity index is 1.81. The van der Waals surface area contributed by atoms with Crippen LogP contribution in [0.2, 0.25) is 0 Å². The lowest BCUT2D eigenvalue weighted by Gasteiger charge is -2.26. The van der Waals surface area contributed by atoms with Crippen LogP contribution in [-0.2, 0) is 0 Å². The first kappa shape index (κ1) is 12.1. The summed E-state index contributed by atoms with van der Waals surface area (Å²) in [6, 6.07) is 0.405. The van der Waals surface area contributed by atoms with E-state index in [-0.39, 0.29) is 0 Å². The van der Waals surface area contributed by atoms with Crippen molar-refractivity contribution >= 4 is 5.82 Å². The lowest BCUT2D eigenvalue weighted by molar-refractivity contribution is 0.338. The van der Waals surface area contributed by atoms with E-state index >= 15 is 0 Å². The highest BCUT2D eigenvalue weighted by atomic mass is 16.5. The Hall–Kier alpha value is -1.36. The monoisotopic (exact) mass is 236 g/mol. The van der Waals surface area contributed by atoms with Crippen LogP contribution in [0.3, 0.4) is 0 Å². The predicted octanol–water partition coefficient (Wildman–Crippen LogP) is 1.41. The summed E-state index contributed by atoms with van der Waals surface area (Å²) in [4.78, 5) is 8.33. The topological polar surface area (TPSA) is 73.1 Å². The lowest BCUT2D eigenvalue weighted by Crippen LogP contribution is -2.29. The number of hydrogen-bond acceptors (Lipinski definition) is 5. The summed E-state index contributed by atoms with van der Waals surface area (Å²) in [6.45, 7) is 0.939. The summed E-state index contributed by atoms with van der Waals surface area (Å²) in [5.41, 5.74) is 5.88. The number of nitrogens with zero attached hydrogens (tertiary/aromatic N) is 2. The molecule has 0 aliphatic heterocycles. The molecule has 0 bridgehead atoms. The molecule has 0 saturated heterocycles. The number of ether oxygens (including phenoxy) is 1. The molecule has 3 N–H and O–H groups in total. The molecule has 0 spiro atoms. The Kier molecular flexibility index (Phi) is 4.14. The van der Waals surface area contributed by atoms with E-state index in [9.17, 15) is 0 Å². The minimum atomic E-state index is 0.405. The van der Waals surface area contributed by atoms with Crippen LogP contribution in [0.1, 0.15) is 25.7 Å². The van der Waals surface area contributed by atoms with Crippen molar-refractivity contribution in [3.63, 3.8) is 0 Å². The van der Waals surface area contributed by atoms with Gasteiger partial charge in [-0.15, -0.1) is 0 Å². The van der Waals surface area contributed by atoms with E-state index < -0.39 is 0 Å². The molecule has 0 atom stereocenters. The Morgan fingerprint density at radius 1 is 1.35 bits per heavy atom. The molecule has 17 heavy (non-hydrogen) atoms. The molecule has 5 heteroatoms. The Morgan fingerprint density at radius 3 is 2.82 bits per heavy atom. The standard InChI is InChI=1S/C12H20N4O/c1-17-12-8-14-7-11(16-12)15-6-9-2-4-10(13)5-3-9/h7-10H,2-6,13H2,1H3,(H,15,16). The van der Waals surface area contributed by atoms with E-state index in [1.54, 1.807) is 19.5 Å². The maximum atomic E-state index is 5.88. The molecule has 1 heterocycles. The lowest BCUT2D eigenvalue weighted by atomic mass is 9.86. The third kappa shape index (κ3) is 3.56. The largest absolute Gasteiger partial charge is 0.480 e. The Labute approximate surface area is 102 Å². The number of anilines is 1. The summed E-state index contributed by atoms with van der Waals surface area (Å²) >= 11 is 0. The van der Waals surface area contributed by atoms with Crippen molar-refractivity contribution in [3.8, 4) is 5.88 Å². The molecule has 1 aliphatic rings. The number of hydrogen-bond donors (Lipinski definition) is 2. The molecule has 1 aromatic rings. The maximum absolute atomic E-state index is 5.88. The number of nitrogens with one attached hydrogen (secondary N) is 1. The van der Waals surface area contributed by atoms with Gasteiger partial charge in [-0.1, -0.05) is 0 Å². The predicted molar refractivity (Wildman–Crippen MR) is 67.0 cm³/mol. The Bertz CT molecular complexity index is 350. The van der Waals surface area contributed by atoms with Gasteiger partial charge in [-0.2, -0.15) is 4.98 Å². The Morgan fingerprint density at radius 2 is 2.12 bits per heavy atom. The third-order valence-electron chi connectivity index (χ3n) is 3.28. The number of methoxy groups -OCH3 is 1. The molecular weight excluding hydrogens is 216 g/mol. The van der Waals surface area contributed by atoms with Crippen LogP contribution in [0, 0.1) is 5.92 Å². The van der Waals surface area contributed by atoms with Crippen LogP contribution in [-0.4, -0.2) is 29.7 Å². The van der Waals surface area contributed by atoms with Crippen LogP contribution in [0.15, 0.2) is 12.4 Å². The molecule has 1 aromatic heterocycles. The van der Waals surface area contributed by atoms with E-state index in [1.165, 1.54) is 12.8 Å². The highest BCUT2D eigenvalue weighted by Gasteiger charge is 2.18. The van der Waals surface area contributed by atoms with Gasteiger partial charge in [0, 0.05) is 12.6 Å². The molecule has 0 unspecified atom stereocenters. The molecular formula is C12H20N4O. The summed E-state index contributed by atoms with van der Waals surface area (Å²) < 4.78 is 5.03. The van der Waals surface area contributed by atoms with E-state index in [0.717, 1.165) is 25.2 Å². The molecule has 1 fully saturated rings. The van der Waals surface area contributed by atoms with Crippen molar-refractivity contribution in [1.82, 2.24) is 9.97 Å². The van der Waals surface area contributed by atoms with Crippen LogP contribution in [0.5, 0.6) is 5.88 Å². The van der Waals surface area contributed by atoms with Gasteiger partial charge in [0.25, 0.3) is 0 Å². The fourth-order valence-corrected chi connectivity index (χ4v) is 2.17. The zero-order valence-electron chi connectivity index (χ0n) is 10.2. The van der Waals surface area contributed by atoms with Crippen LogP contribution < -0.4 is 15.8 Å². The van der Waals surface area contributed by atoms with Crippen LogP contribution in [0.4, 0.5) is 5.82 Å². The average Bonchev–Trinajstić information content (AvgIpc) is 2.38. The van der Waals surface area contributed by atoms with Gasteiger partial charge >= 0.3 is 0 Å². The molecule has 1 aliphatic carbocycles. The number of rotatable bonds is 4. The molecule has 0 amide bonds. The van der Waals surface area contributed by atoms with Gasteiger partial charge < -0.3 is 15.8 Å². The first-order chi connectivity index (χ1) is 8.28. The fraction of sp³-hybridized carbons (Fsp3) is 0.667. The smallest absolute Gasteiger partial charge is 0.233 e. The van der Waals surface area contributed by atoms with Gasteiger partial charge in [-0.3, -0.25) is 4.98 Å². The van der Waals surface area contributed by atoms with Crippen molar-refractivity contribution < 1.29 is 4.74 Å². The zero-order valence-corrected chi connectivity index (χ0v) is 10.2. The zero-order chi connectivity index (χ0) is 12.1. The van der Waals surface area contributed by atoms with Gasteiger partial charge in [-0.05, 0) is 31.6 Å². The van der Waals surface area contributed by atoms with E-state index in [0.29, 0.717) is 17.8 Å². The maximum Gasteiger partial charge on any atom is 0.233 e. The third-order valence-corrected chi connectivity index (χ3v) is 3.28. The summed E-state index contributed by atoms with van der Waals surface area (Å²) in [7, 11) is 1.59. The fourth-order valence-electron chi connectivity index (χ4n) is 2.17. The SMILES string of the molecule is COc1cncc(NCC2CCC(N)CC2)n1. The van der Waals surface area contributed by atoms with Crippen LogP contribution in [0.25, 0.3) is 0 Å². The molecule has 0 aromatic carbocycles. The van der Waals surface area contributed by atoms with Gasteiger partial charge in [0.2, 0.25) is 5.88 Å². The van der Waals surface area contributed by atoms with Crippen molar-refractivity contribution in [1.29, 1.82) is 0 Å². The first-order valence-corrected chi connectivity index (χ1v) is 6.13. The second kappa shape index (κ2) is 5.82. The summed E-state index contributed by atoms with van der Waals surface area (Å²) in [5, 5.41) is 3.31. The molecule has 0 radical (unpaired) electrons. The average molecular weight is 236 g/mol. The summed E-state index contributed by atoms with van der Waals surface area (Å²) in [5.74, 6) is 2.02. The van der Waals surface area contributed by atoms with Crippen molar-refractivity contribution in [2.45, 2.75) is 31.7 Å². The number of aromatic nitrogens is 2. The van der Waals surface area contributed by atoms with E-state index in [2.05, 4.69) is 15.3 Å². The minimum Gasteiger partial charge on any atom is -0.480 e. The van der Waals surface area contributed by atoms with E-state index in [4.69, 9.17) is 10.5 Å². The van der Waals surface area contributed by atoms with Crippen molar-refractivity contribution in [2.75, 3.05) is 19.0 Å².